The normalized spacial score (nSPS) is 12.3. The van der Waals surface area contributed by atoms with Crippen LogP contribution < -0.4 is 5.14 Å². The zero-order valence-electron chi connectivity index (χ0n) is 16.4. The third kappa shape index (κ3) is 4.91. The molecule has 9 heteroatoms. The lowest BCUT2D eigenvalue weighted by Crippen LogP contribution is -2.15. The van der Waals surface area contributed by atoms with Crippen LogP contribution in [0.4, 0.5) is 13.2 Å². The lowest BCUT2D eigenvalue weighted by Gasteiger charge is -2.13. The van der Waals surface area contributed by atoms with Crippen molar-refractivity contribution >= 4 is 10.0 Å². The number of primary sulfonamides is 1. The highest BCUT2D eigenvalue weighted by atomic mass is 32.2. The number of hydrogen-bond donors (Lipinski definition) is 1. The molecule has 0 fully saturated rings. The van der Waals surface area contributed by atoms with Gasteiger partial charge in [-0.25, -0.2) is 22.6 Å². The Bertz CT molecular complexity index is 1110. The van der Waals surface area contributed by atoms with Crippen molar-refractivity contribution in [2.75, 3.05) is 0 Å². The van der Waals surface area contributed by atoms with E-state index in [1.807, 2.05) is 6.92 Å². The molecule has 0 aliphatic rings. The number of sulfonamides is 1. The zero-order valence-corrected chi connectivity index (χ0v) is 17.2. The largest absolute Gasteiger partial charge is 0.291 e. The van der Waals surface area contributed by atoms with Crippen LogP contribution in [-0.4, -0.2) is 18.2 Å². The summed E-state index contributed by atoms with van der Waals surface area (Å²) in [5.74, 6) is -3.58. The molecule has 160 valence electrons. The monoisotopic (exact) mass is 437 g/mol. The lowest BCUT2D eigenvalue weighted by molar-refractivity contribution is -0.0204. The first-order valence-electron chi connectivity index (χ1n) is 9.49. The molecule has 0 atom stereocenters. The topological polar surface area (TPSA) is 78.0 Å². The first kappa shape index (κ1) is 22.0. The van der Waals surface area contributed by atoms with Crippen LogP contribution in [-0.2, 0) is 15.9 Å². The van der Waals surface area contributed by atoms with E-state index in [4.69, 9.17) is 5.14 Å². The summed E-state index contributed by atoms with van der Waals surface area (Å²) in [6.07, 6.45) is 1.55. The summed E-state index contributed by atoms with van der Waals surface area (Å²) in [5, 5.41) is 9.23. The lowest BCUT2D eigenvalue weighted by atomic mass is 10.1. The number of alkyl halides is 2. The summed E-state index contributed by atoms with van der Waals surface area (Å²) in [6, 6.07) is 12.1. The summed E-state index contributed by atoms with van der Waals surface area (Å²) < 4.78 is 67.1. The molecule has 0 unspecified atom stereocenters. The van der Waals surface area contributed by atoms with E-state index in [0.29, 0.717) is 29.8 Å². The Labute approximate surface area is 173 Å². The molecular weight excluding hydrogens is 415 g/mol. The summed E-state index contributed by atoms with van der Waals surface area (Å²) in [6.45, 7) is 1.94. The van der Waals surface area contributed by atoms with E-state index in [1.54, 1.807) is 0 Å². The Morgan fingerprint density at radius 3 is 2.23 bits per heavy atom. The number of rotatable bonds is 8. The van der Waals surface area contributed by atoms with E-state index in [-0.39, 0.29) is 11.3 Å². The fourth-order valence-corrected chi connectivity index (χ4v) is 3.60. The molecule has 1 heterocycles. The van der Waals surface area contributed by atoms with Crippen molar-refractivity contribution in [2.24, 2.45) is 5.14 Å². The summed E-state index contributed by atoms with van der Waals surface area (Å²) >= 11 is 0. The van der Waals surface area contributed by atoms with Gasteiger partial charge in [0.1, 0.15) is 11.5 Å². The average molecular weight is 437 g/mol. The van der Waals surface area contributed by atoms with Gasteiger partial charge in [-0.15, -0.1) is 0 Å². The Kier molecular flexibility index (Phi) is 6.33. The molecule has 2 N–H and O–H groups in total. The van der Waals surface area contributed by atoms with E-state index in [0.717, 1.165) is 6.42 Å². The molecule has 0 aliphatic heterocycles. The van der Waals surface area contributed by atoms with Gasteiger partial charge in [-0.3, -0.25) is 0 Å². The number of unbranched alkanes of at least 4 members (excludes halogenated alkanes) is 2. The van der Waals surface area contributed by atoms with E-state index >= 15 is 0 Å². The number of hydrogen-bond acceptors (Lipinski definition) is 3. The van der Waals surface area contributed by atoms with Gasteiger partial charge in [0.15, 0.2) is 0 Å². The molecule has 0 spiro atoms. The molecular formula is C21H22F3N3O2S. The quantitative estimate of drug-likeness (QED) is 0.504. The second-order valence-corrected chi connectivity index (χ2v) is 8.60. The van der Waals surface area contributed by atoms with Crippen LogP contribution in [0.25, 0.3) is 16.9 Å². The highest BCUT2D eigenvalue weighted by Gasteiger charge is 2.35. The molecule has 0 saturated carbocycles. The van der Waals surface area contributed by atoms with Gasteiger partial charge >= 0.3 is 0 Å². The third-order valence-electron chi connectivity index (χ3n) is 4.73. The molecule has 1 aromatic heterocycles. The maximum Gasteiger partial charge on any atom is 0.291 e. The number of nitrogens with zero attached hydrogens (tertiary/aromatic N) is 2. The minimum atomic E-state index is -3.89. The fraction of sp³-hybridized carbons (Fsp3) is 0.286. The highest BCUT2D eigenvalue weighted by Crippen LogP contribution is 2.36. The van der Waals surface area contributed by atoms with Crippen molar-refractivity contribution < 1.29 is 21.6 Å². The number of aromatic nitrogens is 2. The number of halogens is 3. The zero-order chi connectivity index (χ0) is 21.9. The third-order valence-corrected chi connectivity index (χ3v) is 5.66. The van der Waals surface area contributed by atoms with E-state index in [2.05, 4.69) is 5.10 Å². The Balaban J connectivity index is 2.08. The van der Waals surface area contributed by atoms with Gasteiger partial charge in [0.25, 0.3) is 5.92 Å². The van der Waals surface area contributed by atoms with Crippen LogP contribution >= 0.6 is 0 Å². The predicted octanol–water partition coefficient (Wildman–Crippen LogP) is 5.00. The molecule has 0 aliphatic carbocycles. The van der Waals surface area contributed by atoms with E-state index in [9.17, 15) is 21.6 Å². The van der Waals surface area contributed by atoms with Crippen LogP contribution in [0.15, 0.2) is 59.5 Å². The Hall–Kier alpha value is -2.65. The summed E-state index contributed by atoms with van der Waals surface area (Å²) in [4.78, 5) is -0.105. The second-order valence-electron chi connectivity index (χ2n) is 7.03. The second kappa shape index (κ2) is 8.61. The van der Waals surface area contributed by atoms with Crippen LogP contribution in [0, 0.1) is 5.82 Å². The predicted molar refractivity (Wildman–Crippen MR) is 108 cm³/mol. The van der Waals surface area contributed by atoms with Crippen molar-refractivity contribution in [1.29, 1.82) is 0 Å². The number of benzene rings is 2. The minimum Gasteiger partial charge on any atom is -0.233 e. The standard InChI is InChI=1S/C21H22F3N3O2S/c1-2-3-4-13-21(23,24)20-14-19(15-5-7-16(22)8-6-15)27(26-20)17-9-11-18(12-10-17)30(25,28)29/h5-12,14H,2-4,13H2,1H3,(H2,25,28,29). The van der Waals surface area contributed by atoms with Gasteiger partial charge in [0.05, 0.1) is 16.3 Å². The molecule has 5 nitrogen and oxygen atoms in total. The molecule has 2 aromatic carbocycles. The SMILES string of the molecule is CCCCCC(F)(F)c1cc(-c2ccc(F)cc2)n(-c2ccc(S(N)(=O)=O)cc2)n1. The van der Waals surface area contributed by atoms with E-state index in [1.165, 1.54) is 59.3 Å². The van der Waals surface area contributed by atoms with Crippen LogP contribution in [0.5, 0.6) is 0 Å². The summed E-state index contributed by atoms with van der Waals surface area (Å²) in [5.41, 5.74) is 0.810. The van der Waals surface area contributed by atoms with Gasteiger partial charge < -0.3 is 0 Å². The van der Waals surface area contributed by atoms with Gasteiger partial charge in [-0.05, 0) is 61.0 Å². The van der Waals surface area contributed by atoms with Crippen molar-refractivity contribution in [3.8, 4) is 16.9 Å². The summed E-state index contributed by atoms with van der Waals surface area (Å²) in [7, 11) is -3.89. The van der Waals surface area contributed by atoms with Crippen molar-refractivity contribution in [2.45, 2.75) is 43.4 Å². The first-order chi connectivity index (χ1) is 14.1. The maximum absolute atomic E-state index is 14.8. The van der Waals surface area contributed by atoms with Crippen LogP contribution in [0.3, 0.4) is 0 Å². The molecule has 0 bridgehead atoms. The van der Waals surface area contributed by atoms with Crippen LogP contribution in [0.1, 0.15) is 38.3 Å². The van der Waals surface area contributed by atoms with Gasteiger partial charge in [0, 0.05) is 12.0 Å². The van der Waals surface area contributed by atoms with Crippen LogP contribution in [0.2, 0.25) is 0 Å². The fourth-order valence-electron chi connectivity index (χ4n) is 3.09. The molecule has 0 radical (unpaired) electrons. The van der Waals surface area contributed by atoms with Crippen molar-refractivity contribution in [3.63, 3.8) is 0 Å². The Morgan fingerprint density at radius 2 is 1.67 bits per heavy atom. The highest BCUT2D eigenvalue weighted by molar-refractivity contribution is 7.89. The molecule has 3 aromatic rings. The smallest absolute Gasteiger partial charge is 0.233 e. The number of nitrogens with two attached hydrogens (primary N) is 1. The molecule has 3 rings (SSSR count). The van der Waals surface area contributed by atoms with Gasteiger partial charge in [0.2, 0.25) is 10.0 Å². The average Bonchev–Trinajstić information content (AvgIpc) is 3.14. The van der Waals surface area contributed by atoms with Crippen molar-refractivity contribution in [1.82, 2.24) is 9.78 Å². The van der Waals surface area contributed by atoms with Gasteiger partial charge in [-0.2, -0.15) is 13.9 Å². The minimum absolute atomic E-state index is 0.105. The molecule has 30 heavy (non-hydrogen) atoms. The Morgan fingerprint density at radius 1 is 1.03 bits per heavy atom. The molecule has 0 saturated heterocycles. The van der Waals surface area contributed by atoms with Gasteiger partial charge in [-0.1, -0.05) is 19.8 Å². The maximum atomic E-state index is 14.8. The molecule has 0 amide bonds. The van der Waals surface area contributed by atoms with Crippen molar-refractivity contribution in [3.05, 3.63) is 66.1 Å². The first-order valence-corrected chi connectivity index (χ1v) is 11.0. The van der Waals surface area contributed by atoms with E-state index < -0.39 is 27.5 Å².